The van der Waals surface area contributed by atoms with Gasteiger partial charge in [-0.05, 0) is 65.3 Å². The van der Waals surface area contributed by atoms with E-state index in [1.54, 1.807) is 38.4 Å². The third kappa shape index (κ3) is 4.17. The Balaban J connectivity index is 1.74. The number of aromatic nitrogens is 1. The first-order valence-electron chi connectivity index (χ1n) is 11.1. The van der Waals surface area contributed by atoms with E-state index in [9.17, 15) is 17.6 Å². The van der Waals surface area contributed by atoms with Crippen molar-refractivity contribution in [2.75, 3.05) is 5.75 Å². The van der Waals surface area contributed by atoms with E-state index < -0.39 is 9.84 Å². The summed E-state index contributed by atoms with van der Waals surface area (Å²) in [5.41, 5.74) is 6.52. The zero-order chi connectivity index (χ0) is 23.3. The number of pyridine rings is 1. The molecule has 2 heterocycles. The highest BCUT2D eigenvalue weighted by atomic mass is 32.2. The Hall–Kier alpha value is -3.06. The van der Waals surface area contributed by atoms with Crippen molar-refractivity contribution in [3.8, 4) is 11.1 Å². The molecule has 0 saturated heterocycles. The molecule has 3 aromatic rings. The monoisotopic (exact) mass is 464 g/mol. The summed E-state index contributed by atoms with van der Waals surface area (Å²) in [5.74, 6) is 0.0881. The van der Waals surface area contributed by atoms with E-state index in [-0.39, 0.29) is 22.9 Å². The van der Waals surface area contributed by atoms with Crippen LogP contribution in [0.15, 0.2) is 58.4 Å². The molecule has 0 amide bonds. The van der Waals surface area contributed by atoms with Crippen LogP contribution >= 0.6 is 0 Å². The first-order valence-corrected chi connectivity index (χ1v) is 13.0. The number of benzene rings is 2. The van der Waals surface area contributed by atoms with Crippen molar-refractivity contribution in [3.63, 3.8) is 0 Å². The lowest BCUT2D eigenvalue weighted by atomic mass is 9.89. The zero-order valence-corrected chi connectivity index (χ0v) is 19.5. The quantitative estimate of drug-likeness (QED) is 0.564. The summed E-state index contributed by atoms with van der Waals surface area (Å²) in [6, 6.07) is 12.1. The van der Waals surface area contributed by atoms with Gasteiger partial charge in [0.05, 0.1) is 18.0 Å². The molecule has 1 aromatic heterocycles. The van der Waals surface area contributed by atoms with Crippen molar-refractivity contribution in [3.05, 3.63) is 92.6 Å². The van der Waals surface area contributed by atoms with Crippen LogP contribution in [-0.2, 0) is 29.2 Å². The lowest BCUT2D eigenvalue weighted by molar-refractivity contribution is 0.596. The number of halogens is 1. The molecule has 0 spiro atoms. The molecule has 2 aromatic carbocycles. The van der Waals surface area contributed by atoms with Crippen molar-refractivity contribution >= 4 is 15.5 Å². The molecule has 1 aliphatic carbocycles. The molecule has 5 rings (SSSR count). The maximum atomic E-state index is 14.1. The molecule has 5 nitrogen and oxygen atoms in total. The molecule has 1 fully saturated rings. The SMILES string of the molecule is CCS(=O)(=O)Cc1ccc2c(c1)-c1cn(C)c(=O)cc1CN=C2c1ccc(F)cc1C1CC1. The van der Waals surface area contributed by atoms with E-state index >= 15 is 0 Å². The zero-order valence-electron chi connectivity index (χ0n) is 18.6. The minimum Gasteiger partial charge on any atom is -0.318 e. The fraction of sp³-hybridized carbons (Fsp3) is 0.308. The summed E-state index contributed by atoms with van der Waals surface area (Å²) >= 11 is 0. The van der Waals surface area contributed by atoms with Crippen LogP contribution in [0.2, 0.25) is 0 Å². The van der Waals surface area contributed by atoms with Crippen LogP contribution in [0.3, 0.4) is 0 Å². The summed E-state index contributed by atoms with van der Waals surface area (Å²) in [7, 11) is -1.51. The number of sulfone groups is 1. The average Bonchev–Trinajstić information content (AvgIpc) is 3.63. The van der Waals surface area contributed by atoms with Crippen LogP contribution in [0.1, 0.15) is 53.5 Å². The van der Waals surface area contributed by atoms with Crippen LogP contribution in [0, 0.1) is 5.82 Å². The van der Waals surface area contributed by atoms with Crippen molar-refractivity contribution in [1.82, 2.24) is 4.57 Å². The number of fused-ring (bicyclic) bond motifs is 3. The van der Waals surface area contributed by atoms with E-state index in [1.807, 2.05) is 18.2 Å². The topological polar surface area (TPSA) is 68.5 Å². The minimum absolute atomic E-state index is 0.0474. The average molecular weight is 465 g/mol. The Morgan fingerprint density at radius 1 is 1.03 bits per heavy atom. The van der Waals surface area contributed by atoms with Gasteiger partial charge in [-0.3, -0.25) is 9.79 Å². The molecule has 1 aliphatic heterocycles. The highest BCUT2D eigenvalue weighted by Gasteiger charge is 2.30. The highest BCUT2D eigenvalue weighted by molar-refractivity contribution is 7.90. The van der Waals surface area contributed by atoms with Crippen LogP contribution in [0.25, 0.3) is 11.1 Å². The predicted molar refractivity (Wildman–Crippen MR) is 128 cm³/mol. The Morgan fingerprint density at radius 2 is 1.79 bits per heavy atom. The molecular weight excluding hydrogens is 439 g/mol. The number of nitrogens with zero attached hydrogens (tertiary/aromatic N) is 2. The van der Waals surface area contributed by atoms with Crippen LogP contribution in [0.4, 0.5) is 4.39 Å². The molecule has 1 saturated carbocycles. The summed E-state index contributed by atoms with van der Waals surface area (Å²) in [6.45, 7) is 1.96. The van der Waals surface area contributed by atoms with Crippen LogP contribution < -0.4 is 5.56 Å². The standard InChI is InChI=1S/C26H25FN2O3S/c1-3-33(31,32)15-16-4-8-21-23(10-16)24-14-29(2)25(30)11-18(24)13-28-26(21)20-9-7-19(27)12-22(20)17-5-6-17/h4,7-12,14,17H,3,5-6,13,15H2,1-2H3. The molecule has 0 unspecified atom stereocenters. The largest absolute Gasteiger partial charge is 0.318 e. The maximum Gasteiger partial charge on any atom is 0.250 e. The predicted octanol–water partition coefficient (Wildman–Crippen LogP) is 4.35. The minimum atomic E-state index is -3.21. The van der Waals surface area contributed by atoms with E-state index in [0.717, 1.165) is 51.9 Å². The molecule has 0 radical (unpaired) electrons. The van der Waals surface area contributed by atoms with Crippen LogP contribution in [-0.4, -0.2) is 24.4 Å². The molecule has 0 bridgehead atoms. The smallest absolute Gasteiger partial charge is 0.250 e. The van der Waals surface area contributed by atoms with Gasteiger partial charge in [-0.1, -0.05) is 19.1 Å². The highest BCUT2D eigenvalue weighted by Crippen LogP contribution is 2.43. The van der Waals surface area contributed by atoms with Gasteiger partial charge in [0.25, 0.3) is 5.56 Å². The number of aliphatic imine (C=N–C) groups is 1. The molecule has 33 heavy (non-hydrogen) atoms. The third-order valence-electron chi connectivity index (χ3n) is 6.46. The van der Waals surface area contributed by atoms with Crippen molar-refractivity contribution in [2.45, 2.75) is 38.0 Å². The van der Waals surface area contributed by atoms with Gasteiger partial charge in [-0.2, -0.15) is 0 Å². The van der Waals surface area contributed by atoms with Crippen LogP contribution in [0.5, 0.6) is 0 Å². The number of hydrogen-bond donors (Lipinski definition) is 0. The summed E-state index contributed by atoms with van der Waals surface area (Å²) in [6.07, 6.45) is 3.85. The Labute approximate surface area is 192 Å². The molecule has 0 atom stereocenters. The number of aryl methyl sites for hydroxylation is 1. The van der Waals surface area contributed by atoms with Gasteiger partial charge in [-0.15, -0.1) is 0 Å². The first-order chi connectivity index (χ1) is 15.8. The molecule has 0 N–H and O–H groups in total. The van der Waals surface area contributed by atoms with E-state index in [2.05, 4.69) is 0 Å². The summed E-state index contributed by atoms with van der Waals surface area (Å²) in [5, 5.41) is 0. The molecule has 7 heteroatoms. The van der Waals surface area contributed by atoms with E-state index in [4.69, 9.17) is 4.99 Å². The molecular formula is C26H25FN2O3S. The number of rotatable bonds is 5. The Kier molecular flexibility index (Phi) is 5.32. The number of hydrogen-bond acceptors (Lipinski definition) is 4. The van der Waals surface area contributed by atoms with Gasteiger partial charge >= 0.3 is 0 Å². The fourth-order valence-corrected chi connectivity index (χ4v) is 5.36. The van der Waals surface area contributed by atoms with Crippen molar-refractivity contribution in [2.24, 2.45) is 12.0 Å². The normalized spacial score (nSPS) is 15.4. The molecule has 2 aliphatic rings. The summed E-state index contributed by atoms with van der Waals surface area (Å²) < 4.78 is 40.2. The fourth-order valence-electron chi connectivity index (χ4n) is 4.47. The van der Waals surface area contributed by atoms with Gasteiger partial charge in [0.15, 0.2) is 9.84 Å². The summed E-state index contributed by atoms with van der Waals surface area (Å²) in [4.78, 5) is 17.2. The van der Waals surface area contributed by atoms with E-state index in [0.29, 0.717) is 18.0 Å². The molecule has 170 valence electrons. The van der Waals surface area contributed by atoms with Gasteiger partial charge < -0.3 is 4.57 Å². The van der Waals surface area contributed by atoms with Gasteiger partial charge in [0, 0.05) is 41.8 Å². The maximum absolute atomic E-state index is 14.1. The second-order valence-corrected chi connectivity index (χ2v) is 11.2. The third-order valence-corrected chi connectivity index (χ3v) is 8.12. The Morgan fingerprint density at radius 3 is 2.52 bits per heavy atom. The second-order valence-electron chi connectivity index (χ2n) is 8.89. The first kappa shape index (κ1) is 21.8. The van der Waals surface area contributed by atoms with Gasteiger partial charge in [0.2, 0.25) is 0 Å². The van der Waals surface area contributed by atoms with Crippen molar-refractivity contribution < 1.29 is 12.8 Å². The second kappa shape index (κ2) is 8.06. The Bertz CT molecular complexity index is 1470. The van der Waals surface area contributed by atoms with Crippen molar-refractivity contribution in [1.29, 1.82) is 0 Å². The van der Waals surface area contributed by atoms with E-state index in [1.165, 1.54) is 10.6 Å². The van der Waals surface area contributed by atoms with Gasteiger partial charge in [-0.25, -0.2) is 12.8 Å². The lowest BCUT2D eigenvalue weighted by Gasteiger charge is -2.16. The van der Waals surface area contributed by atoms with Gasteiger partial charge in [0.1, 0.15) is 5.82 Å². The lowest BCUT2D eigenvalue weighted by Crippen LogP contribution is -2.16.